The molecule has 0 aliphatic rings. The van der Waals surface area contributed by atoms with E-state index in [1.165, 1.54) is 26.4 Å². The first-order chi connectivity index (χ1) is 12.6. The number of carbonyl (C=O) groups excluding carboxylic acids is 1. The SMILES string of the molecule is COc1cc(OC)c(NC(=O)Cn2nc(SC)c(S(C)(=O)=O)c2N)cc1Cl. The first kappa shape index (κ1) is 21.2. The van der Waals surface area contributed by atoms with E-state index in [-0.39, 0.29) is 27.3 Å². The van der Waals surface area contributed by atoms with Gasteiger partial charge >= 0.3 is 0 Å². The van der Waals surface area contributed by atoms with E-state index in [1.807, 2.05) is 0 Å². The summed E-state index contributed by atoms with van der Waals surface area (Å²) in [5.74, 6) is 0.151. The molecular weight excluding hydrogens is 416 g/mol. The number of nitrogens with two attached hydrogens (primary N) is 1. The van der Waals surface area contributed by atoms with E-state index in [4.69, 9.17) is 26.8 Å². The fourth-order valence-electron chi connectivity index (χ4n) is 2.32. The van der Waals surface area contributed by atoms with Crippen LogP contribution >= 0.6 is 23.4 Å². The number of nitrogens with zero attached hydrogens (tertiary/aromatic N) is 2. The zero-order chi connectivity index (χ0) is 20.4. The Kier molecular flexibility index (Phi) is 6.50. The molecule has 0 spiro atoms. The number of amides is 1. The number of nitrogen functional groups attached to an aromatic ring is 1. The Bertz CT molecular complexity index is 975. The third kappa shape index (κ3) is 4.60. The Morgan fingerprint density at radius 2 is 1.96 bits per heavy atom. The summed E-state index contributed by atoms with van der Waals surface area (Å²) in [5, 5.41) is 7.26. The zero-order valence-corrected chi connectivity index (χ0v) is 17.5. The van der Waals surface area contributed by atoms with Gasteiger partial charge in [0, 0.05) is 12.3 Å². The molecule has 148 valence electrons. The van der Waals surface area contributed by atoms with E-state index in [9.17, 15) is 13.2 Å². The van der Waals surface area contributed by atoms with Crippen LogP contribution < -0.4 is 20.5 Å². The first-order valence-corrected chi connectivity index (χ1v) is 10.9. The van der Waals surface area contributed by atoms with Crippen molar-refractivity contribution in [1.29, 1.82) is 0 Å². The summed E-state index contributed by atoms with van der Waals surface area (Å²) in [5.41, 5.74) is 6.22. The molecule has 1 aromatic carbocycles. The summed E-state index contributed by atoms with van der Waals surface area (Å²) in [6, 6.07) is 3.02. The van der Waals surface area contributed by atoms with Gasteiger partial charge < -0.3 is 20.5 Å². The van der Waals surface area contributed by atoms with E-state index in [2.05, 4.69) is 10.4 Å². The number of anilines is 2. The van der Waals surface area contributed by atoms with Crippen LogP contribution in [0.3, 0.4) is 0 Å². The molecule has 0 saturated carbocycles. The number of thioether (sulfide) groups is 1. The Labute approximate surface area is 166 Å². The van der Waals surface area contributed by atoms with E-state index in [0.717, 1.165) is 22.7 Å². The van der Waals surface area contributed by atoms with Crippen molar-refractivity contribution >= 4 is 50.6 Å². The second kappa shape index (κ2) is 8.28. The highest BCUT2D eigenvalue weighted by atomic mass is 35.5. The van der Waals surface area contributed by atoms with Gasteiger partial charge in [-0.2, -0.15) is 5.10 Å². The molecule has 12 heteroatoms. The maximum Gasteiger partial charge on any atom is 0.246 e. The lowest BCUT2D eigenvalue weighted by Crippen LogP contribution is -2.21. The standard InChI is InChI=1S/C15H19ClN4O5S2/c1-24-10-6-11(25-2)9(5-8(10)16)18-12(21)7-20-14(17)13(27(4,22)23)15(19-20)26-3/h5-6H,7,17H2,1-4H3,(H,18,21). The molecule has 1 amide bonds. The van der Waals surface area contributed by atoms with Crippen molar-refractivity contribution in [3.63, 3.8) is 0 Å². The molecule has 0 radical (unpaired) electrons. The van der Waals surface area contributed by atoms with Crippen LogP contribution in [0.5, 0.6) is 11.5 Å². The van der Waals surface area contributed by atoms with Crippen molar-refractivity contribution in [2.75, 3.05) is 37.8 Å². The van der Waals surface area contributed by atoms with Gasteiger partial charge in [-0.05, 0) is 12.3 Å². The number of halogens is 1. The minimum atomic E-state index is -3.59. The molecule has 1 heterocycles. The second-order valence-corrected chi connectivity index (χ2v) is 8.54. The Balaban J connectivity index is 2.30. The predicted molar refractivity (Wildman–Crippen MR) is 105 cm³/mol. The molecule has 0 bridgehead atoms. The number of methoxy groups -OCH3 is 2. The van der Waals surface area contributed by atoms with Gasteiger partial charge in [-0.25, -0.2) is 13.1 Å². The van der Waals surface area contributed by atoms with Gasteiger partial charge in [0.05, 0.1) is 24.9 Å². The number of nitrogens with one attached hydrogen (secondary N) is 1. The van der Waals surface area contributed by atoms with Gasteiger partial charge in [-0.3, -0.25) is 4.79 Å². The number of carbonyl (C=O) groups is 1. The average Bonchev–Trinajstić information content (AvgIpc) is 2.91. The number of rotatable bonds is 7. The van der Waals surface area contributed by atoms with Crippen molar-refractivity contribution in [2.45, 2.75) is 16.5 Å². The molecule has 0 atom stereocenters. The van der Waals surface area contributed by atoms with Crippen LogP contribution in [-0.4, -0.2) is 50.8 Å². The number of sulfone groups is 1. The smallest absolute Gasteiger partial charge is 0.246 e. The minimum Gasteiger partial charge on any atom is -0.495 e. The molecule has 27 heavy (non-hydrogen) atoms. The monoisotopic (exact) mass is 434 g/mol. The number of ether oxygens (including phenoxy) is 2. The maximum absolute atomic E-state index is 12.4. The number of hydrogen-bond acceptors (Lipinski definition) is 8. The van der Waals surface area contributed by atoms with Crippen molar-refractivity contribution in [2.24, 2.45) is 0 Å². The molecule has 2 rings (SSSR count). The summed E-state index contributed by atoms with van der Waals surface area (Å²) in [4.78, 5) is 12.3. The van der Waals surface area contributed by atoms with Gasteiger partial charge in [-0.1, -0.05) is 11.6 Å². The highest BCUT2D eigenvalue weighted by Gasteiger charge is 2.24. The van der Waals surface area contributed by atoms with Crippen LogP contribution in [0.4, 0.5) is 11.5 Å². The van der Waals surface area contributed by atoms with E-state index >= 15 is 0 Å². The quantitative estimate of drug-likeness (QED) is 0.633. The number of benzene rings is 1. The normalized spacial score (nSPS) is 11.3. The molecule has 9 nitrogen and oxygen atoms in total. The van der Waals surface area contributed by atoms with Gasteiger partial charge in [0.25, 0.3) is 0 Å². The molecule has 0 saturated heterocycles. The summed E-state index contributed by atoms with van der Waals surface area (Å²) >= 11 is 7.21. The molecule has 0 aliphatic heterocycles. The lowest BCUT2D eigenvalue weighted by atomic mass is 10.2. The third-order valence-corrected chi connectivity index (χ3v) is 5.76. The van der Waals surface area contributed by atoms with Gasteiger partial charge in [0.2, 0.25) is 5.91 Å². The van der Waals surface area contributed by atoms with E-state index in [1.54, 1.807) is 6.26 Å². The Morgan fingerprint density at radius 1 is 1.33 bits per heavy atom. The maximum atomic E-state index is 12.4. The van der Waals surface area contributed by atoms with Gasteiger partial charge in [0.15, 0.2) is 9.84 Å². The average molecular weight is 435 g/mol. The lowest BCUT2D eigenvalue weighted by Gasteiger charge is -2.13. The fraction of sp³-hybridized carbons (Fsp3) is 0.333. The Hall–Kier alpha value is -2.11. The highest BCUT2D eigenvalue weighted by Crippen LogP contribution is 2.36. The predicted octanol–water partition coefficient (Wildman–Crippen LogP) is 1.90. The summed E-state index contributed by atoms with van der Waals surface area (Å²) in [7, 11) is -0.688. The topological polar surface area (TPSA) is 126 Å². The minimum absolute atomic E-state index is 0.0899. The van der Waals surface area contributed by atoms with Gasteiger partial charge in [-0.15, -0.1) is 11.8 Å². The summed E-state index contributed by atoms with van der Waals surface area (Å²) < 4.78 is 35.3. The largest absolute Gasteiger partial charge is 0.495 e. The molecule has 0 fully saturated rings. The molecule has 1 aromatic heterocycles. The summed E-state index contributed by atoms with van der Waals surface area (Å²) in [6.07, 6.45) is 2.71. The number of aromatic nitrogens is 2. The van der Waals surface area contributed by atoms with E-state index in [0.29, 0.717) is 17.2 Å². The molecule has 3 N–H and O–H groups in total. The van der Waals surface area contributed by atoms with Crippen LogP contribution in [0.25, 0.3) is 0 Å². The lowest BCUT2D eigenvalue weighted by molar-refractivity contribution is -0.116. The van der Waals surface area contributed by atoms with Crippen LogP contribution in [0, 0.1) is 0 Å². The molecule has 0 aliphatic carbocycles. The zero-order valence-electron chi connectivity index (χ0n) is 15.1. The van der Waals surface area contributed by atoms with Crippen LogP contribution in [0.2, 0.25) is 5.02 Å². The molecule has 0 unspecified atom stereocenters. The van der Waals surface area contributed by atoms with Crippen molar-refractivity contribution < 1.29 is 22.7 Å². The Morgan fingerprint density at radius 3 is 2.44 bits per heavy atom. The number of hydrogen-bond donors (Lipinski definition) is 2. The van der Waals surface area contributed by atoms with Crippen molar-refractivity contribution in [1.82, 2.24) is 9.78 Å². The van der Waals surface area contributed by atoms with Crippen LogP contribution in [0.15, 0.2) is 22.1 Å². The highest BCUT2D eigenvalue weighted by molar-refractivity contribution is 7.99. The third-order valence-electron chi connectivity index (χ3n) is 3.52. The van der Waals surface area contributed by atoms with Crippen molar-refractivity contribution in [3.05, 3.63) is 17.2 Å². The fourth-order valence-corrected chi connectivity index (χ4v) is 4.58. The van der Waals surface area contributed by atoms with Crippen LogP contribution in [0.1, 0.15) is 0 Å². The first-order valence-electron chi connectivity index (χ1n) is 7.44. The molecular formula is C15H19ClN4O5S2. The van der Waals surface area contributed by atoms with Crippen LogP contribution in [-0.2, 0) is 21.2 Å². The summed E-state index contributed by atoms with van der Waals surface area (Å²) in [6.45, 7) is -0.290. The van der Waals surface area contributed by atoms with E-state index < -0.39 is 15.7 Å². The second-order valence-electron chi connectivity index (χ2n) is 5.39. The van der Waals surface area contributed by atoms with Gasteiger partial charge in [0.1, 0.15) is 33.8 Å². The van der Waals surface area contributed by atoms with Crippen molar-refractivity contribution in [3.8, 4) is 11.5 Å². The molecule has 2 aromatic rings.